The van der Waals surface area contributed by atoms with Crippen molar-refractivity contribution in [1.29, 1.82) is 0 Å². The van der Waals surface area contributed by atoms with Crippen LogP contribution in [0.5, 0.6) is 17.2 Å². The van der Waals surface area contributed by atoms with Crippen molar-refractivity contribution in [3.8, 4) is 17.2 Å². The number of amides is 1. The maximum Gasteiger partial charge on any atom is 0.260 e. The summed E-state index contributed by atoms with van der Waals surface area (Å²) >= 11 is 0. The molecule has 30 heavy (non-hydrogen) atoms. The van der Waals surface area contributed by atoms with E-state index >= 15 is 0 Å². The number of para-hydroxylation sites is 1. The lowest BCUT2D eigenvalue weighted by atomic mass is 10.2. The van der Waals surface area contributed by atoms with Crippen LogP contribution < -0.4 is 14.2 Å². The first kappa shape index (κ1) is 20.5. The fraction of sp³-hybridized carbons (Fsp3) is 0.381. The van der Waals surface area contributed by atoms with Gasteiger partial charge in [0.2, 0.25) is 10.0 Å². The highest BCUT2D eigenvalue weighted by Gasteiger charge is 2.31. The van der Waals surface area contributed by atoms with Crippen LogP contribution in [-0.4, -0.2) is 69.5 Å². The van der Waals surface area contributed by atoms with E-state index in [2.05, 4.69) is 0 Å². The van der Waals surface area contributed by atoms with Crippen LogP contribution in [0.25, 0.3) is 0 Å². The number of hydrogen-bond acceptors (Lipinski definition) is 6. The van der Waals surface area contributed by atoms with Gasteiger partial charge in [-0.2, -0.15) is 4.31 Å². The summed E-state index contributed by atoms with van der Waals surface area (Å²) in [5.74, 6) is 1.49. The van der Waals surface area contributed by atoms with E-state index in [1.165, 1.54) is 16.4 Å². The van der Waals surface area contributed by atoms with Gasteiger partial charge in [0.05, 0.1) is 4.90 Å². The lowest BCUT2D eigenvalue weighted by Gasteiger charge is -2.34. The maximum atomic E-state index is 13.0. The Bertz CT molecular complexity index is 1030. The Hall–Kier alpha value is -2.78. The molecule has 0 unspecified atom stereocenters. The Balaban J connectivity index is 1.35. The van der Waals surface area contributed by atoms with Gasteiger partial charge in [-0.1, -0.05) is 18.2 Å². The molecule has 9 heteroatoms. The molecule has 2 aliphatic heterocycles. The van der Waals surface area contributed by atoms with Crippen molar-refractivity contribution < 1.29 is 27.4 Å². The molecule has 2 aliphatic rings. The summed E-state index contributed by atoms with van der Waals surface area (Å²) in [5.41, 5.74) is 0.959. The summed E-state index contributed by atoms with van der Waals surface area (Å²) in [5, 5.41) is 0. The van der Waals surface area contributed by atoms with E-state index in [-0.39, 0.29) is 30.5 Å². The van der Waals surface area contributed by atoms with Gasteiger partial charge < -0.3 is 19.1 Å². The van der Waals surface area contributed by atoms with E-state index in [1.807, 2.05) is 31.2 Å². The minimum Gasteiger partial charge on any atom is -0.486 e. The minimum absolute atomic E-state index is 0.0697. The molecule has 2 aromatic rings. The third-order valence-corrected chi connectivity index (χ3v) is 7.08. The molecule has 0 N–H and O–H groups in total. The van der Waals surface area contributed by atoms with Gasteiger partial charge in [0.15, 0.2) is 18.1 Å². The van der Waals surface area contributed by atoms with Crippen LogP contribution in [0, 0.1) is 6.92 Å². The second-order valence-corrected chi connectivity index (χ2v) is 9.08. The monoisotopic (exact) mass is 432 g/mol. The van der Waals surface area contributed by atoms with Gasteiger partial charge in [-0.15, -0.1) is 0 Å². The quantitative estimate of drug-likeness (QED) is 0.715. The smallest absolute Gasteiger partial charge is 0.260 e. The van der Waals surface area contributed by atoms with Gasteiger partial charge in [-0.3, -0.25) is 4.79 Å². The molecule has 160 valence electrons. The standard InChI is InChI=1S/C21H24N2O6S/c1-16-4-2-3-5-18(16)29-15-21(24)22-8-10-23(11-9-22)30(25,26)17-6-7-19-20(14-17)28-13-12-27-19/h2-7,14H,8-13,15H2,1H3. The molecule has 1 saturated heterocycles. The zero-order valence-corrected chi connectivity index (χ0v) is 17.6. The number of ether oxygens (including phenoxy) is 3. The Morgan fingerprint density at radius 1 is 1.00 bits per heavy atom. The van der Waals surface area contributed by atoms with E-state index in [0.29, 0.717) is 43.6 Å². The first-order chi connectivity index (χ1) is 14.4. The van der Waals surface area contributed by atoms with Crippen molar-refractivity contribution in [2.75, 3.05) is 46.0 Å². The Morgan fingerprint density at radius 2 is 1.70 bits per heavy atom. The van der Waals surface area contributed by atoms with Crippen LogP contribution in [0.3, 0.4) is 0 Å². The Kier molecular flexibility index (Phi) is 5.83. The number of sulfonamides is 1. The molecule has 0 saturated carbocycles. The molecule has 0 bridgehead atoms. The number of carbonyl (C=O) groups is 1. The van der Waals surface area contributed by atoms with Crippen LogP contribution in [0.4, 0.5) is 0 Å². The van der Waals surface area contributed by atoms with Crippen molar-refractivity contribution in [1.82, 2.24) is 9.21 Å². The third kappa shape index (κ3) is 4.22. The molecule has 0 radical (unpaired) electrons. The zero-order valence-electron chi connectivity index (χ0n) is 16.7. The van der Waals surface area contributed by atoms with Crippen LogP contribution in [0.2, 0.25) is 0 Å². The predicted octanol–water partition coefficient (Wildman–Crippen LogP) is 1.68. The van der Waals surface area contributed by atoms with E-state index in [0.717, 1.165) is 5.56 Å². The second kappa shape index (κ2) is 8.53. The highest BCUT2D eigenvalue weighted by atomic mass is 32.2. The fourth-order valence-corrected chi connectivity index (χ4v) is 4.90. The highest BCUT2D eigenvalue weighted by molar-refractivity contribution is 7.89. The number of piperazine rings is 1. The first-order valence-electron chi connectivity index (χ1n) is 9.81. The van der Waals surface area contributed by atoms with Gasteiger partial charge in [-0.05, 0) is 30.7 Å². The van der Waals surface area contributed by atoms with Crippen LogP contribution in [-0.2, 0) is 14.8 Å². The van der Waals surface area contributed by atoms with Crippen molar-refractivity contribution >= 4 is 15.9 Å². The average molecular weight is 432 g/mol. The molecule has 0 aliphatic carbocycles. The van der Waals surface area contributed by atoms with Crippen molar-refractivity contribution in [2.45, 2.75) is 11.8 Å². The summed E-state index contributed by atoms with van der Waals surface area (Å²) in [7, 11) is -3.68. The molecule has 8 nitrogen and oxygen atoms in total. The highest BCUT2D eigenvalue weighted by Crippen LogP contribution is 2.33. The molecule has 0 aromatic heterocycles. The van der Waals surface area contributed by atoms with Crippen LogP contribution in [0.15, 0.2) is 47.4 Å². The van der Waals surface area contributed by atoms with Crippen molar-refractivity contribution in [2.24, 2.45) is 0 Å². The van der Waals surface area contributed by atoms with Gasteiger partial charge in [0.1, 0.15) is 19.0 Å². The largest absolute Gasteiger partial charge is 0.486 e. The lowest BCUT2D eigenvalue weighted by molar-refractivity contribution is -0.134. The molecule has 2 aromatic carbocycles. The molecule has 1 amide bonds. The minimum atomic E-state index is -3.68. The van der Waals surface area contributed by atoms with E-state index in [4.69, 9.17) is 14.2 Å². The Morgan fingerprint density at radius 3 is 2.43 bits per heavy atom. The maximum absolute atomic E-state index is 13.0. The molecule has 0 spiro atoms. The molecular formula is C21H24N2O6S. The van der Waals surface area contributed by atoms with Gasteiger partial charge in [0.25, 0.3) is 5.91 Å². The number of nitrogens with zero attached hydrogens (tertiary/aromatic N) is 2. The number of hydrogen-bond donors (Lipinski definition) is 0. The fourth-order valence-electron chi connectivity index (χ4n) is 3.46. The normalized spacial score (nSPS) is 16.9. The summed E-state index contributed by atoms with van der Waals surface area (Å²) < 4.78 is 44.0. The van der Waals surface area contributed by atoms with Crippen molar-refractivity contribution in [3.63, 3.8) is 0 Å². The molecular weight excluding hydrogens is 408 g/mol. The SMILES string of the molecule is Cc1ccccc1OCC(=O)N1CCN(S(=O)(=O)c2ccc3c(c2)OCCO3)CC1. The second-order valence-electron chi connectivity index (χ2n) is 7.14. The summed E-state index contributed by atoms with van der Waals surface area (Å²) in [6, 6.07) is 12.1. The average Bonchev–Trinajstić information content (AvgIpc) is 2.78. The number of benzene rings is 2. The number of rotatable bonds is 5. The molecule has 4 rings (SSSR count). The number of fused-ring (bicyclic) bond motifs is 1. The molecule has 1 fully saturated rings. The van der Waals surface area contributed by atoms with Gasteiger partial charge >= 0.3 is 0 Å². The summed E-state index contributed by atoms with van der Waals surface area (Å²) in [6.07, 6.45) is 0. The van der Waals surface area contributed by atoms with Gasteiger partial charge in [0, 0.05) is 32.2 Å². The Labute approximate surface area is 176 Å². The summed E-state index contributed by atoms with van der Waals surface area (Å²) in [4.78, 5) is 14.3. The summed E-state index contributed by atoms with van der Waals surface area (Å²) in [6.45, 7) is 3.78. The molecule has 0 atom stereocenters. The third-order valence-electron chi connectivity index (χ3n) is 5.19. The number of carbonyl (C=O) groups excluding carboxylic acids is 1. The predicted molar refractivity (Wildman–Crippen MR) is 109 cm³/mol. The number of aryl methyl sites for hydroxylation is 1. The zero-order chi connectivity index (χ0) is 21.1. The first-order valence-corrected chi connectivity index (χ1v) is 11.3. The van der Waals surface area contributed by atoms with Crippen LogP contribution in [0.1, 0.15) is 5.56 Å². The lowest BCUT2D eigenvalue weighted by Crippen LogP contribution is -2.51. The van der Waals surface area contributed by atoms with Gasteiger partial charge in [-0.25, -0.2) is 8.42 Å². The van der Waals surface area contributed by atoms with Crippen molar-refractivity contribution in [3.05, 3.63) is 48.0 Å². The topological polar surface area (TPSA) is 85.4 Å². The van der Waals surface area contributed by atoms with E-state index in [1.54, 1.807) is 11.0 Å². The van der Waals surface area contributed by atoms with Crippen LogP contribution >= 0.6 is 0 Å². The van der Waals surface area contributed by atoms with E-state index < -0.39 is 10.0 Å². The molecule has 2 heterocycles. The van der Waals surface area contributed by atoms with E-state index in [9.17, 15) is 13.2 Å².